The van der Waals surface area contributed by atoms with Crippen molar-refractivity contribution >= 4 is 11.9 Å². The molecular weight excluding hydrogens is 304 g/mol. The highest BCUT2D eigenvalue weighted by molar-refractivity contribution is 5.37. The van der Waals surface area contributed by atoms with Crippen LogP contribution in [0.3, 0.4) is 0 Å². The third-order valence-electron chi connectivity index (χ3n) is 3.95. The summed E-state index contributed by atoms with van der Waals surface area (Å²) in [5, 5.41) is 0. The van der Waals surface area contributed by atoms with Crippen LogP contribution in [0.5, 0.6) is 5.75 Å². The number of nitrogens with zero attached hydrogens (tertiary/aromatic N) is 5. The Morgan fingerprint density at radius 2 is 1.88 bits per heavy atom. The molecule has 1 aromatic carbocycles. The summed E-state index contributed by atoms with van der Waals surface area (Å²) >= 11 is 0. The van der Waals surface area contributed by atoms with Gasteiger partial charge in [-0.1, -0.05) is 17.7 Å². The molecule has 1 aromatic heterocycles. The second kappa shape index (κ2) is 7.44. The van der Waals surface area contributed by atoms with Gasteiger partial charge in [0, 0.05) is 26.2 Å². The number of hydrogen-bond acceptors (Lipinski definition) is 7. The topological polar surface area (TPSA) is 80.4 Å². The zero-order chi connectivity index (χ0) is 17.9. The van der Waals surface area contributed by atoms with Crippen LogP contribution in [0.2, 0.25) is 0 Å². The maximum Gasteiger partial charge on any atom is 0.229 e. The summed E-state index contributed by atoms with van der Waals surface area (Å²) in [5.41, 5.74) is 8.15. The first kappa shape index (κ1) is 17.9. The molecule has 130 valence electrons. The molecule has 0 spiro atoms. The Kier molecular flexibility index (Phi) is 5.56. The highest BCUT2D eigenvalue weighted by atomic mass is 16.5. The van der Waals surface area contributed by atoms with Gasteiger partial charge in [-0.05, 0) is 27.0 Å². The predicted octanol–water partition coefficient (Wildman–Crippen LogP) is 2.03. The predicted molar refractivity (Wildman–Crippen MR) is 96.2 cm³/mol. The average molecular weight is 330 g/mol. The van der Waals surface area contributed by atoms with Gasteiger partial charge in [-0.15, -0.1) is 0 Å². The number of benzene rings is 1. The largest absolute Gasteiger partial charge is 0.496 e. The van der Waals surface area contributed by atoms with E-state index in [1.807, 2.05) is 38.2 Å². The molecule has 1 heterocycles. The van der Waals surface area contributed by atoms with E-state index in [-0.39, 0.29) is 12.0 Å². The van der Waals surface area contributed by atoms with E-state index >= 15 is 0 Å². The zero-order valence-electron chi connectivity index (χ0n) is 15.2. The van der Waals surface area contributed by atoms with Crippen LogP contribution in [-0.4, -0.2) is 48.1 Å². The lowest BCUT2D eigenvalue weighted by Gasteiger charge is -2.25. The number of hydrogen-bond donors (Lipinski definition) is 1. The van der Waals surface area contributed by atoms with Crippen molar-refractivity contribution in [1.82, 2.24) is 19.9 Å². The molecule has 0 aliphatic rings. The molecule has 0 radical (unpaired) electrons. The van der Waals surface area contributed by atoms with Crippen molar-refractivity contribution in [3.05, 3.63) is 35.2 Å². The Labute approximate surface area is 143 Å². The minimum atomic E-state index is -0.0146. The van der Waals surface area contributed by atoms with Gasteiger partial charge in [-0.25, -0.2) is 0 Å². The molecule has 1 unspecified atom stereocenters. The van der Waals surface area contributed by atoms with Crippen LogP contribution in [0.15, 0.2) is 18.2 Å². The molecule has 0 saturated heterocycles. The quantitative estimate of drug-likeness (QED) is 0.868. The molecule has 0 bridgehead atoms. The molecule has 0 amide bonds. The summed E-state index contributed by atoms with van der Waals surface area (Å²) < 4.78 is 5.46. The van der Waals surface area contributed by atoms with Crippen molar-refractivity contribution in [2.75, 3.05) is 38.9 Å². The fraction of sp³-hybridized carbons (Fsp3) is 0.471. The van der Waals surface area contributed by atoms with Gasteiger partial charge in [0.25, 0.3) is 0 Å². The Morgan fingerprint density at radius 3 is 2.50 bits per heavy atom. The van der Waals surface area contributed by atoms with E-state index in [0.717, 1.165) is 17.9 Å². The van der Waals surface area contributed by atoms with Crippen LogP contribution < -0.4 is 15.4 Å². The van der Waals surface area contributed by atoms with E-state index in [0.29, 0.717) is 11.8 Å². The summed E-state index contributed by atoms with van der Waals surface area (Å²) in [6, 6.07) is 6.16. The number of ether oxygens (including phenoxy) is 1. The van der Waals surface area contributed by atoms with Gasteiger partial charge >= 0.3 is 0 Å². The van der Waals surface area contributed by atoms with E-state index in [1.165, 1.54) is 5.56 Å². The Hall–Kier alpha value is -2.41. The number of nitrogen functional groups attached to an aromatic ring is 1. The van der Waals surface area contributed by atoms with Gasteiger partial charge in [-0.3, -0.25) is 4.90 Å². The minimum Gasteiger partial charge on any atom is -0.496 e. The second-order valence-corrected chi connectivity index (χ2v) is 6.15. The Morgan fingerprint density at radius 1 is 1.17 bits per heavy atom. The number of methoxy groups -OCH3 is 1. The SMILES string of the molecule is COc1ccc(C)cc1CN(C)C(C)c1nc(N)nc(N(C)C)n1. The fourth-order valence-corrected chi connectivity index (χ4v) is 2.42. The van der Waals surface area contributed by atoms with Crippen LogP contribution >= 0.6 is 0 Å². The molecule has 0 fully saturated rings. The van der Waals surface area contributed by atoms with Crippen LogP contribution in [0.4, 0.5) is 11.9 Å². The summed E-state index contributed by atoms with van der Waals surface area (Å²) in [6.45, 7) is 4.84. The number of anilines is 2. The molecule has 1 atom stereocenters. The first-order valence-corrected chi connectivity index (χ1v) is 7.84. The number of aryl methyl sites for hydroxylation is 1. The van der Waals surface area contributed by atoms with Crippen molar-refractivity contribution in [2.45, 2.75) is 26.4 Å². The minimum absolute atomic E-state index is 0.0146. The maximum absolute atomic E-state index is 5.83. The average Bonchev–Trinajstić information content (AvgIpc) is 2.53. The third kappa shape index (κ3) is 4.11. The molecule has 24 heavy (non-hydrogen) atoms. The van der Waals surface area contributed by atoms with Crippen molar-refractivity contribution in [3.63, 3.8) is 0 Å². The van der Waals surface area contributed by atoms with Crippen LogP contribution in [0.25, 0.3) is 0 Å². The lowest BCUT2D eigenvalue weighted by atomic mass is 10.1. The van der Waals surface area contributed by atoms with Gasteiger partial charge in [0.05, 0.1) is 13.2 Å². The molecule has 0 aliphatic heterocycles. The van der Waals surface area contributed by atoms with Gasteiger partial charge < -0.3 is 15.4 Å². The highest BCUT2D eigenvalue weighted by Gasteiger charge is 2.19. The maximum atomic E-state index is 5.83. The first-order chi connectivity index (χ1) is 11.3. The van der Waals surface area contributed by atoms with E-state index < -0.39 is 0 Å². The summed E-state index contributed by atoms with van der Waals surface area (Å²) in [7, 11) is 7.48. The summed E-state index contributed by atoms with van der Waals surface area (Å²) in [4.78, 5) is 16.9. The van der Waals surface area contributed by atoms with E-state index in [2.05, 4.69) is 39.8 Å². The van der Waals surface area contributed by atoms with E-state index in [4.69, 9.17) is 10.5 Å². The fourth-order valence-electron chi connectivity index (χ4n) is 2.42. The van der Waals surface area contributed by atoms with Gasteiger partial charge in [-0.2, -0.15) is 15.0 Å². The third-order valence-corrected chi connectivity index (χ3v) is 3.95. The monoisotopic (exact) mass is 330 g/mol. The van der Waals surface area contributed by atoms with E-state index in [9.17, 15) is 0 Å². The van der Waals surface area contributed by atoms with Crippen molar-refractivity contribution in [1.29, 1.82) is 0 Å². The van der Waals surface area contributed by atoms with Crippen molar-refractivity contribution < 1.29 is 4.74 Å². The van der Waals surface area contributed by atoms with Crippen LogP contribution in [0.1, 0.15) is 29.9 Å². The molecule has 2 aromatic rings. The summed E-state index contributed by atoms with van der Waals surface area (Å²) in [6.07, 6.45) is 0. The Bertz CT molecular complexity index is 703. The van der Waals surface area contributed by atoms with Crippen molar-refractivity contribution in [2.24, 2.45) is 0 Å². The van der Waals surface area contributed by atoms with Gasteiger partial charge in [0.2, 0.25) is 11.9 Å². The van der Waals surface area contributed by atoms with Crippen LogP contribution in [0, 0.1) is 6.92 Å². The molecule has 7 heteroatoms. The number of nitrogens with two attached hydrogens (primary N) is 1. The van der Waals surface area contributed by atoms with Crippen LogP contribution in [-0.2, 0) is 6.54 Å². The van der Waals surface area contributed by atoms with E-state index in [1.54, 1.807) is 7.11 Å². The molecule has 0 aliphatic carbocycles. The van der Waals surface area contributed by atoms with Crippen molar-refractivity contribution in [3.8, 4) is 5.75 Å². The normalized spacial score (nSPS) is 12.3. The molecule has 2 N–H and O–H groups in total. The molecule has 0 saturated carbocycles. The molecule has 2 rings (SSSR count). The lowest BCUT2D eigenvalue weighted by molar-refractivity contribution is 0.240. The summed E-state index contributed by atoms with van der Waals surface area (Å²) in [5.74, 6) is 2.33. The number of rotatable bonds is 6. The molecular formula is C17H26N6O. The second-order valence-electron chi connectivity index (χ2n) is 6.15. The standard InChI is InChI=1S/C17H26N6O/c1-11-7-8-14(24-6)13(9-11)10-23(5)12(2)15-19-16(18)21-17(20-15)22(3)4/h7-9,12H,10H2,1-6H3,(H2,18,19,20,21). The lowest BCUT2D eigenvalue weighted by Crippen LogP contribution is -2.25. The number of aromatic nitrogens is 3. The smallest absolute Gasteiger partial charge is 0.229 e. The Balaban J connectivity index is 2.24. The molecule has 7 nitrogen and oxygen atoms in total. The van der Waals surface area contributed by atoms with Gasteiger partial charge in [0.1, 0.15) is 5.75 Å². The van der Waals surface area contributed by atoms with Gasteiger partial charge in [0.15, 0.2) is 5.82 Å². The highest BCUT2D eigenvalue weighted by Crippen LogP contribution is 2.25. The zero-order valence-corrected chi connectivity index (χ0v) is 15.2. The first-order valence-electron chi connectivity index (χ1n) is 7.84.